The highest BCUT2D eigenvalue weighted by atomic mass is 35.5. The fourth-order valence-corrected chi connectivity index (χ4v) is 1.95. The van der Waals surface area contributed by atoms with Crippen LogP contribution >= 0.6 is 11.6 Å². The van der Waals surface area contributed by atoms with E-state index in [1.54, 1.807) is 0 Å². The van der Waals surface area contributed by atoms with E-state index in [9.17, 15) is 0 Å². The Labute approximate surface area is 113 Å². The highest BCUT2D eigenvalue weighted by Gasteiger charge is 2.04. The third-order valence-corrected chi connectivity index (χ3v) is 3.22. The van der Waals surface area contributed by atoms with Gasteiger partial charge < -0.3 is 5.73 Å². The fourth-order valence-electron chi connectivity index (χ4n) is 1.82. The minimum absolute atomic E-state index is 0.221. The Hall–Kier alpha value is -1.32. The number of halogens is 1. The van der Waals surface area contributed by atoms with Crippen LogP contribution in [0.1, 0.15) is 24.5 Å². The van der Waals surface area contributed by atoms with Gasteiger partial charge in [0.1, 0.15) is 0 Å². The number of nitrogens with two attached hydrogens (primary N) is 1. The molecule has 0 amide bonds. The van der Waals surface area contributed by atoms with Gasteiger partial charge in [0.2, 0.25) is 0 Å². The van der Waals surface area contributed by atoms with Gasteiger partial charge in [0, 0.05) is 17.3 Å². The molecule has 18 heavy (non-hydrogen) atoms. The number of hydrogen-bond donors (Lipinski definition) is 1. The normalized spacial score (nSPS) is 12.6. The van der Waals surface area contributed by atoms with Gasteiger partial charge in [-0.25, -0.2) is 0 Å². The molecule has 1 aromatic carbocycles. The quantitative estimate of drug-likeness (QED) is 0.902. The maximum Gasteiger partial charge on any atom is 0.0659 e. The van der Waals surface area contributed by atoms with Crippen molar-refractivity contribution in [1.29, 1.82) is 0 Å². The van der Waals surface area contributed by atoms with Gasteiger partial charge in [-0.1, -0.05) is 30.7 Å². The van der Waals surface area contributed by atoms with Crippen LogP contribution in [0, 0.1) is 0 Å². The van der Waals surface area contributed by atoms with Crippen LogP contribution in [0.4, 0.5) is 0 Å². The highest BCUT2D eigenvalue weighted by molar-refractivity contribution is 6.30. The Balaban J connectivity index is 2.00. The van der Waals surface area contributed by atoms with Crippen LogP contribution < -0.4 is 5.73 Å². The Kier molecular flexibility index (Phi) is 4.39. The van der Waals surface area contributed by atoms with Crippen molar-refractivity contribution in [3.05, 3.63) is 52.8 Å². The van der Waals surface area contributed by atoms with E-state index in [1.165, 1.54) is 11.1 Å². The Morgan fingerprint density at radius 1 is 1.28 bits per heavy atom. The number of rotatable bonds is 5. The predicted octanol–water partition coefficient (Wildman–Crippen LogP) is 2.86. The standard InChI is InChI=1S/C14H18ClN3/c1-2-14(16)7-12-8-17-18(10-12)9-11-3-5-13(15)6-4-11/h3-6,8,10,14H,2,7,9,16H2,1H3. The molecule has 3 nitrogen and oxygen atoms in total. The van der Waals surface area contributed by atoms with Crippen LogP contribution in [0.3, 0.4) is 0 Å². The van der Waals surface area contributed by atoms with Gasteiger partial charge in [0.15, 0.2) is 0 Å². The third kappa shape index (κ3) is 3.59. The summed E-state index contributed by atoms with van der Waals surface area (Å²) in [6.45, 7) is 2.86. The van der Waals surface area contributed by atoms with E-state index in [-0.39, 0.29) is 6.04 Å². The van der Waals surface area contributed by atoms with Crippen molar-refractivity contribution >= 4 is 11.6 Å². The predicted molar refractivity (Wildman–Crippen MR) is 74.8 cm³/mol. The molecule has 0 fully saturated rings. The summed E-state index contributed by atoms with van der Waals surface area (Å²) in [5.74, 6) is 0. The van der Waals surface area contributed by atoms with Crippen LogP contribution in [0.25, 0.3) is 0 Å². The van der Waals surface area contributed by atoms with Gasteiger partial charge in [-0.3, -0.25) is 4.68 Å². The van der Waals surface area contributed by atoms with Gasteiger partial charge in [0.05, 0.1) is 12.7 Å². The van der Waals surface area contributed by atoms with Crippen molar-refractivity contribution in [2.45, 2.75) is 32.4 Å². The zero-order valence-electron chi connectivity index (χ0n) is 10.5. The average Bonchev–Trinajstić information content (AvgIpc) is 2.79. The molecular formula is C14H18ClN3. The van der Waals surface area contributed by atoms with E-state index in [1.807, 2.05) is 35.1 Å². The maximum atomic E-state index is 5.93. The molecule has 1 atom stereocenters. The van der Waals surface area contributed by atoms with Gasteiger partial charge in [0.25, 0.3) is 0 Å². The van der Waals surface area contributed by atoms with Crippen LogP contribution in [-0.4, -0.2) is 15.8 Å². The lowest BCUT2D eigenvalue weighted by atomic mass is 10.1. The minimum atomic E-state index is 0.221. The van der Waals surface area contributed by atoms with Gasteiger partial charge in [-0.15, -0.1) is 0 Å². The highest BCUT2D eigenvalue weighted by Crippen LogP contribution is 2.11. The summed E-state index contributed by atoms with van der Waals surface area (Å²) < 4.78 is 1.93. The van der Waals surface area contributed by atoms with Crippen molar-refractivity contribution in [2.24, 2.45) is 5.73 Å². The number of benzene rings is 1. The molecule has 1 heterocycles. The Morgan fingerprint density at radius 2 is 2.00 bits per heavy atom. The largest absolute Gasteiger partial charge is 0.327 e. The molecule has 0 aliphatic heterocycles. The molecule has 2 N–H and O–H groups in total. The molecule has 1 aromatic heterocycles. The summed E-state index contributed by atoms with van der Waals surface area (Å²) >= 11 is 5.86. The summed E-state index contributed by atoms with van der Waals surface area (Å²) in [4.78, 5) is 0. The number of hydrogen-bond acceptors (Lipinski definition) is 2. The van der Waals surface area contributed by atoms with Crippen molar-refractivity contribution in [2.75, 3.05) is 0 Å². The average molecular weight is 264 g/mol. The molecule has 0 saturated heterocycles. The number of aromatic nitrogens is 2. The Morgan fingerprint density at radius 3 is 2.67 bits per heavy atom. The van der Waals surface area contributed by atoms with E-state index < -0.39 is 0 Å². The van der Waals surface area contributed by atoms with Crippen LogP contribution in [0.5, 0.6) is 0 Å². The third-order valence-electron chi connectivity index (χ3n) is 2.97. The first-order valence-corrected chi connectivity index (χ1v) is 6.56. The fraction of sp³-hybridized carbons (Fsp3) is 0.357. The molecule has 0 radical (unpaired) electrons. The van der Waals surface area contributed by atoms with Crippen molar-refractivity contribution in [3.8, 4) is 0 Å². The Bertz CT molecular complexity index is 490. The summed E-state index contributed by atoms with van der Waals surface area (Å²) in [6, 6.07) is 8.05. The van der Waals surface area contributed by atoms with Crippen LogP contribution in [0.2, 0.25) is 5.02 Å². The molecule has 2 rings (SSSR count). The molecular weight excluding hydrogens is 246 g/mol. The lowest BCUT2D eigenvalue weighted by Gasteiger charge is -2.05. The second-order valence-corrected chi connectivity index (χ2v) is 4.98. The van der Waals surface area contributed by atoms with Crippen molar-refractivity contribution in [3.63, 3.8) is 0 Å². The molecule has 96 valence electrons. The molecule has 0 spiro atoms. The summed E-state index contributed by atoms with van der Waals surface area (Å²) in [5.41, 5.74) is 8.31. The van der Waals surface area contributed by atoms with Crippen LogP contribution in [0.15, 0.2) is 36.7 Å². The van der Waals surface area contributed by atoms with E-state index in [0.717, 1.165) is 24.4 Å². The molecule has 4 heteroatoms. The summed E-state index contributed by atoms with van der Waals surface area (Å²) in [6.07, 6.45) is 5.83. The van der Waals surface area contributed by atoms with E-state index in [0.29, 0.717) is 0 Å². The lowest BCUT2D eigenvalue weighted by molar-refractivity contribution is 0.644. The van der Waals surface area contributed by atoms with Crippen molar-refractivity contribution in [1.82, 2.24) is 9.78 Å². The van der Waals surface area contributed by atoms with Gasteiger partial charge in [-0.2, -0.15) is 5.10 Å². The smallest absolute Gasteiger partial charge is 0.0659 e. The summed E-state index contributed by atoms with van der Waals surface area (Å²) in [7, 11) is 0. The molecule has 2 aromatic rings. The second kappa shape index (κ2) is 6.03. The first-order chi connectivity index (χ1) is 8.67. The van der Waals surface area contributed by atoms with Gasteiger partial charge in [-0.05, 0) is 36.1 Å². The van der Waals surface area contributed by atoms with E-state index in [4.69, 9.17) is 17.3 Å². The second-order valence-electron chi connectivity index (χ2n) is 4.55. The summed E-state index contributed by atoms with van der Waals surface area (Å²) in [5, 5.41) is 5.11. The molecule has 0 aliphatic carbocycles. The monoisotopic (exact) mass is 263 g/mol. The van der Waals surface area contributed by atoms with Gasteiger partial charge >= 0.3 is 0 Å². The van der Waals surface area contributed by atoms with E-state index >= 15 is 0 Å². The number of nitrogens with zero attached hydrogens (tertiary/aromatic N) is 2. The zero-order valence-corrected chi connectivity index (χ0v) is 11.3. The molecule has 1 unspecified atom stereocenters. The van der Waals surface area contributed by atoms with Crippen molar-refractivity contribution < 1.29 is 0 Å². The SMILES string of the molecule is CCC(N)Cc1cnn(Cc2ccc(Cl)cc2)c1. The molecule has 0 aliphatic rings. The minimum Gasteiger partial charge on any atom is -0.327 e. The topological polar surface area (TPSA) is 43.8 Å². The van der Waals surface area contributed by atoms with E-state index in [2.05, 4.69) is 18.2 Å². The zero-order chi connectivity index (χ0) is 13.0. The first-order valence-electron chi connectivity index (χ1n) is 6.18. The molecule has 0 bridgehead atoms. The van der Waals surface area contributed by atoms with Crippen LogP contribution in [-0.2, 0) is 13.0 Å². The maximum absolute atomic E-state index is 5.93. The molecule has 0 saturated carbocycles. The lowest BCUT2D eigenvalue weighted by Crippen LogP contribution is -2.21. The first kappa shape index (κ1) is 13.1.